The molecule has 1 N–H and O–H groups in total. The summed E-state index contributed by atoms with van der Waals surface area (Å²) in [6.45, 7) is 3.48. The fourth-order valence-electron chi connectivity index (χ4n) is 3.82. The zero-order chi connectivity index (χ0) is 12.5. The molecule has 0 spiro atoms. The van der Waals surface area contributed by atoms with Crippen LogP contribution in [-0.2, 0) is 0 Å². The molecule has 1 aromatic carbocycles. The molecule has 0 aromatic heterocycles. The predicted octanol–water partition coefficient (Wildman–Crippen LogP) is 4.54. The fourth-order valence-corrected chi connectivity index (χ4v) is 4.09. The molecule has 4 unspecified atom stereocenters. The van der Waals surface area contributed by atoms with Crippen LogP contribution in [0.4, 0.5) is 0 Å². The SMILES string of the molecule is CC(NCC1CC2CCC1C2)c1ccc(Br)cc1. The van der Waals surface area contributed by atoms with E-state index in [4.69, 9.17) is 0 Å². The topological polar surface area (TPSA) is 12.0 Å². The van der Waals surface area contributed by atoms with Crippen LogP contribution < -0.4 is 5.32 Å². The largest absolute Gasteiger partial charge is 0.310 e. The van der Waals surface area contributed by atoms with Crippen molar-refractivity contribution in [1.29, 1.82) is 0 Å². The molecule has 0 saturated heterocycles. The Morgan fingerprint density at radius 1 is 1.22 bits per heavy atom. The maximum atomic E-state index is 3.73. The van der Waals surface area contributed by atoms with E-state index in [1.807, 2.05) is 0 Å². The lowest BCUT2D eigenvalue weighted by Crippen LogP contribution is -2.28. The molecule has 0 heterocycles. The molecule has 2 aliphatic rings. The molecule has 2 heteroatoms. The monoisotopic (exact) mass is 307 g/mol. The molecular formula is C16H22BrN. The number of hydrogen-bond acceptors (Lipinski definition) is 1. The highest BCUT2D eigenvalue weighted by molar-refractivity contribution is 9.10. The van der Waals surface area contributed by atoms with E-state index in [-0.39, 0.29) is 0 Å². The number of fused-ring (bicyclic) bond motifs is 2. The van der Waals surface area contributed by atoms with E-state index in [9.17, 15) is 0 Å². The van der Waals surface area contributed by atoms with Crippen molar-refractivity contribution < 1.29 is 0 Å². The molecule has 0 amide bonds. The Labute approximate surface area is 118 Å². The van der Waals surface area contributed by atoms with Gasteiger partial charge in [-0.2, -0.15) is 0 Å². The van der Waals surface area contributed by atoms with Crippen LogP contribution in [0.1, 0.15) is 44.2 Å². The Bertz CT molecular complexity index is 400. The summed E-state index contributed by atoms with van der Waals surface area (Å²) in [5.74, 6) is 3.03. The van der Waals surface area contributed by atoms with Gasteiger partial charge in [-0.15, -0.1) is 0 Å². The van der Waals surface area contributed by atoms with Gasteiger partial charge in [0.1, 0.15) is 0 Å². The second-order valence-electron chi connectivity index (χ2n) is 6.12. The third kappa shape index (κ3) is 2.65. The van der Waals surface area contributed by atoms with Crippen LogP contribution in [0.3, 0.4) is 0 Å². The molecule has 1 nitrogen and oxygen atoms in total. The van der Waals surface area contributed by atoms with E-state index in [0.717, 1.165) is 22.2 Å². The highest BCUT2D eigenvalue weighted by Gasteiger charge is 2.39. The predicted molar refractivity (Wildman–Crippen MR) is 79.5 cm³/mol. The molecule has 0 aliphatic heterocycles. The molecule has 18 heavy (non-hydrogen) atoms. The first kappa shape index (κ1) is 12.7. The molecule has 98 valence electrons. The highest BCUT2D eigenvalue weighted by atomic mass is 79.9. The number of rotatable bonds is 4. The number of nitrogens with one attached hydrogen (secondary N) is 1. The van der Waals surface area contributed by atoms with Crippen molar-refractivity contribution in [3.63, 3.8) is 0 Å². The smallest absolute Gasteiger partial charge is 0.0291 e. The second kappa shape index (κ2) is 5.34. The van der Waals surface area contributed by atoms with E-state index >= 15 is 0 Å². The maximum Gasteiger partial charge on any atom is 0.0291 e. The summed E-state index contributed by atoms with van der Waals surface area (Å²) in [4.78, 5) is 0. The molecule has 2 aliphatic carbocycles. The summed E-state index contributed by atoms with van der Waals surface area (Å²) in [5.41, 5.74) is 1.39. The van der Waals surface area contributed by atoms with Gasteiger partial charge in [-0.25, -0.2) is 0 Å². The molecule has 4 atom stereocenters. The number of halogens is 1. The summed E-state index contributed by atoms with van der Waals surface area (Å²) >= 11 is 3.49. The van der Waals surface area contributed by atoms with Crippen LogP contribution in [-0.4, -0.2) is 6.54 Å². The van der Waals surface area contributed by atoms with Gasteiger partial charge in [0.05, 0.1) is 0 Å². The molecule has 2 fully saturated rings. The molecule has 2 bridgehead atoms. The minimum absolute atomic E-state index is 0.470. The lowest BCUT2D eigenvalue weighted by atomic mass is 9.88. The van der Waals surface area contributed by atoms with Crippen molar-refractivity contribution in [2.24, 2.45) is 17.8 Å². The average Bonchev–Trinajstić information content (AvgIpc) is 2.99. The van der Waals surface area contributed by atoms with Gasteiger partial charge in [0.2, 0.25) is 0 Å². The average molecular weight is 308 g/mol. The number of hydrogen-bond donors (Lipinski definition) is 1. The van der Waals surface area contributed by atoms with Gasteiger partial charge in [0, 0.05) is 10.5 Å². The van der Waals surface area contributed by atoms with Crippen molar-refractivity contribution in [1.82, 2.24) is 5.32 Å². The van der Waals surface area contributed by atoms with Crippen molar-refractivity contribution in [3.8, 4) is 0 Å². The third-order valence-electron chi connectivity index (χ3n) is 4.94. The fraction of sp³-hybridized carbons (Fsp3) is 0.625. The zero-order valence-corrected chi connectivity index (χ0v) is 12.6. The number of benzene rings is 1. The first-order valence-electron chi connectivity index (χ1n) is 7.21. The summed E-state index contributed by atoms with van der Waals surface area (Å²) in [5, 5.41) is 3.73. The van der Waals surface area contributed by atoms with E-state index < -0.39 is 0 Å². The van der Waals surface area contributed by atoms with Gasteiger partial charge in [-0.3, -0.25) is 0 Å². The van der Waals surface area contributed by atoms with E-state index in [2.05, 4.69) is 52.4 Å². The molecule has 3 rings (SSSR count). The van der Waals surface area contributed by atoms with Crippen LogP contribution in [0.5, 0.6) is 0 Å². The maximum absolute atomic E-state index is 3.73. The summed E-state index contributed by atoms with van der Waals surface area (Å²) in [6.07, 6.45) is 5.98. The van der Waals surface area contributed by atoms with Gasteiger partial charge >= 0.3 is 0 Å². The second-order valence-corrected chi connectivity index (χ2v) is 7.03. The van der Waals surface area contributed by atoms with Gasteiger partial charge in [-0.1, -0.05) is 34.5 Å². The van der Waals surface area contributed by atoms with Crippen LogP contribution in [0.2, 0.25) is 0 Å². The van der Waals surface area contributed by atoms with E-state index in [0.29, 0.717) is 6.04 Å². The Hall–Kier alpha value is -0.340. The van der Waals surface area contributed by atoms with Gasteiger partial charge in [0.25, 0.3) is 0 Å². The molecule has 0 radical (unpaired) electrons. The first-order chi connectivity index (χ1) is 8.72. The molecule has 2 saturated carbocycles. The van der Waals surface area contributed by atoms with Crippen molar-refractivity contribution >= 4 is 15.9 Å². The van der Waals surface area contributed by atoms with Gasteiger partial charge < -0.3 is 5.32 Å². The Morgan fingerprint density at radius 2 is 2.00 bits per heavy atom. The zero-order valence-electron chi connectivity index (χ0n) is 11.0. The first-order valence-corrected chi connectivity index (χ1v) is 8.00. The molecule has 1 aromatic rings. The van der Waals surface area contributed by atoms with Crippen LogP contribution >= 0.6 is 15.9 Å². The summed E-state index contributed by atoms with van der Waals surface area (Å²) in [6, 6.07) is 9.15. The quantitative estimate of drug-likeness (QED) is 0.861. The van der Waals surface area contributed by atoms with Crippen molar-refractivity contribution in [3.05, 3.63) is 34.3 Å². The summed E-state index contributed by atoms with van der Waals surface area (Å²) in [7, 11) is 0. The van der Waals surface area contributed by atoms with Crippen molar-refractivity contribution in [2.45, 2.75) is 38.6 Å². The molecular weight excluding hydrogens is 286 g/mol. The Morgan fingerprint density at radius 3 is 2.61 bits per heavy atom. The lowest BCUT2D eigenvalue weighted by Gasteiger charge is -2.24. The van der Waals surface area contributed by atoms with Gasteiger partial charge in [-0.05, 0) is 68.2 Å². The van der Waals surface area contributed by atoms with E-state index in [1.54, 1.807) is 0 Å². The van der Waals surface area contributed by atoms with E-state index in [1.165, 1.54) is 37.8 Å². The van der Waals surface area contributed by atoms with Crippen LogP contribution in [0, 0.1) is 17.8 Å². The van der Waals surface area contributed by atoms with Crippen molar-refractivity contribution in [2.75, 3.05) is 6.54 Å². The highest BCUT2D eigenvalue weighted by Crippen LogP contribution is 2.48. The Balaban J connectivity index is 1.52. The Kier molecular flexibility index (Phi) is 3.76. The van der Waals surface area contributed by atoms with Crippen LogP contribution in [0.15, 0.2) is 28.7 Å². The third-order valence-corrected chi connectivity index (χ3v) is 5.47. The standard InChI is InChI=1S/C16H22BrN/c1-11(13-4-6-16(17)7-5-13)18-10-15-9-12-2-3-14(15)8-12/h4-7,11-12,14-15,18H,2-3,8-10H2,1H3. The van der Waals surface area contributed by atoms with Crippen LogP contribution in [0.25, 0.3) is 0 Å². The lowest BCUT2D eigenvalue weighted by molar-refractivity contribution is 0.309. The minimum Gasteiger partial charge on any atom is -0.310 e. The normalized spacial score (nSPS) is 31.8. The summed E-state index contributed by atoms with van der Waals surface area (Å²) < 4.78 is 1.16. The minimum atomic E-state index is 0.470. The van der Waals surface area contributed by atoms with Gasteiger partial charge in [0.15, 0.2) is 0 Å².